The number of benzene rings is 2. The number of hydrazone groups is 1. The molecule has 6 heteroatoms. The molecule has 0 spiro atoms. The zero-order valence-electron chi connectivity index (χ0n) is 15.5. The SMILES string of the molecule is CCN(CC)c1ccc(C(=O)N/N=C\c2cnn(-c3ccccc3)c2)cc1. The molecule has 2 aromatic carbocycles. The second-order valence-electron chi connectivity index (χ2n) is 5.97. The molecule has 0 radical (unpaired) electrons. The molecule has 1 N–H and O–H groups in total. The Morgan fingerprint density at radius 3 is 2.48 bits per heavy atom. The first-order valence-corrected chi connectivity index (χ1v) is 8.99. The van der Waals surface area contributed by atoms with E-state index in [0.29, 0.717) is 5.56 Å². The van der Waals surface area contributed by atoms with Crippen LogP contribution in [0.5, 0.6) is 0 Å². The fourth-order valence-electron chi connectivity index (χ4n) is 2.77. The molecular weight excluding hydrogens is 338 g/mol. The average Bonchev–Trinajstić information content (AvgIpc) is 3.19. The van der Waals surface area contributed by atoms with E-state index < -0.39 is 0 Å². The lowest BCUT2D eigenvalue weighted by Crippen LogP contribution is -2.22. The van der Waals surface area contributed by atoms with Gasteiger partial charge >= 0.3 is 0 Å². The van der Waals surface area contributed by atoms with Crippen LogP contribution in [0, 0.1) is 0 Å². The van der Waals surface area contributed by atoms with Crippen molar-refractivity contribution >= 4 is 17.8 Å². The topological polar surface area (TPSA) is 62.5 Å². The molecule has 0 saturated heterocycles. The molecule has 1 aromatic heterocycles. The number of carbonyl (C=O) groups excluding carboxylic acids is 1. The van der Waals surface area contributed by atoms with Crippen molar-refractivity contribution < 1.29 is 4.79 Å². The molecule has 1 heterocycles. The molecule has 0 aliphatic heterocycles. The number of rotatable bonds is 7. The zero-order valence-corrected chi connectivity index (χ0v) is 15.5. The van der Waals surface area contributed by atoms with Gasteiger partial charge in [0.15, 0.2) is 0 Å². The van der Waals surface area contributed by atoms with Crippen LogP contribution in [0.25, 0.3) is 5.69 Å². The molecular formula is C21H23N5O. The van der Waals surface area contributed by atoms with Gasteiger partial charge in [-0.1, -0.05) is 18.2 Å². The van der Waals surface area contributed by atoms with Crippen LogP contribution in [0.3, 0.4) is 0 Å². The first-order chi connectivity index (χ1) is 13.2. The minimum Gasteiger partial charge on any atom is -0.372 e. The second-order valence-corrected chi connectivity index (χ2v) is 5.97. The Kier molecular flexibility index (Phi) is 5.99. The van der Waals surface area contributed by atoms with E-state index >= 15 is 0 Å². The Balaban J connectivity index is 1.60. The average molecular weight is 361 g/mol. The summed E-state index contributed by atoms with van der Waals surface area (Å²) in [5, 5.41) is 8.32. The fourth-order valence-corrected chi connectivity index (χ4v) is 2.77. The molecule has 0 aliphatic rings. The predicted octanol–water partition coefficient (Wildman–Crippen LogP) is 3.48. The molecule has 0 saturated carbocycles. The number of nitrogens with one attached hydrogen (secondary N) is 1. The number of anilines is 1. The van der Waals surface area contributed by atoms with Crippen LogP contribution in [0.1, 0.15) is 29.8 Å². The molecule has 0 atom stereocenters. The number of carbonyl (C=O) groups is 1. The summed E-state index contributed by atoms with van der Waals surface area (Å²) in [5.41, 5.74) is 6.00. The highest BCUT2D eigenvalue weighted by Crippen LogP contribution is 2.14. The summed E-state index contributed by atoms with van der Waals surface area (Å²) in [6.07, 6.45) is 5.13. The van der Waals surface area contributed by atoms with Crippen molar-refractivity contribution in [2.45, 2.75) is 13.8 Å². The lowest BCUT2D eigenvalue weighted by molar-refractivity contribution is 0.0955. The van der Waals surface area contributed by atoms with E-state index in [0.717, 1.165) is 30.0 Å². The highest BCUT2D eigenvalue weighted by molar-refractivity contribution is 5.95. The largest absolute Gasteiger partial charge is 0.372 e. The molecule has 1 amide bonds. The van der Waals surface area contributed by atoms with E-state index in [1.165, 1.54) is 0 Å². The molecule has 0 bridgehead atoms. The van der Waals surface area contributed by atoms with Crippen molar-refractivity contribution in [3.05, 3.63) is 78.1 Å². The fraction of sp³-hybridized carbons (Fsp3) is 0.190. The van der Waals surface area contributed by atoms with Gasteiger partial charge in [0, 0.05) is 36.1 Å². The van der Waals surface area contributed by atoms with Gasteiger partial charge in [-0.05, 0) is 50.2 Å². The molecule has 138 valence electrons. The van der Waals surface area contributed by atoms with E-state index in [2.05, 4.69) is 34.4 Å². The maximum atomic E-state index is 12.2. The van der Waals surface area contributed by atoms with Crippen LogP contribution < -0.4 is 10.3 Å². The van der Waals surface area contributed by atoms with Gasteiger partial charge in [-0.2, -0.15) is 10.2 Å². The van der Waals surface area contributed by atoms with Crippen molar-refractivity contribution in [3.8, 4) is 5.69 Å². The highest BCUT2D eigenvalue weighted by Gasteiger charge is 2.06. The van der Waals surface area contributed by atoms with Crippen LogP contribution >= 0.6 is 0 Å². The summed E-state index contributed by atoms with van der Waals surface area (Å²) in [7, 11) is 0. The van der Waals surface area contributed by atoms with Gasteiger partial charge in [-0.25, -0.2) is 10.1 Å². The van der Waals surface area contributed by atoms with Crippen molar-refractivity contribution in [1.29, 1.82) is 0 Å². The monoisotopic (exact) mass is 361 g/mol. The second kappa shape index (κ2) is 8.80. The van der Waals surface area contributed by atoms with Gasteiger partial charge in [0.2, 0.25) is 0 Å². The van der Waals surface area contributed by atoms with Crippen LogP contribution in [0.15, 0.2) is 72.1 Å². The minimum absolute atomic E-state index is 0.243. The van der Waals surface area contributed by atoms with E-state index in [-0.39, 0.29) is 5.91 Å². The van der Waals surface area contributed by atoms with Gasteiger partial charge in [-0.15, -0.1) is 0 Å². The first kappa shape index (κ1) is 18.4. The third-order valence-corrected chi connectivity index (χ3v) is 4.26. The number of nitrogens with zero attached hydrogens (tertiary/aromatic N) is 4. The van der Waals surface area contributed by atoms with E-state index in [1.54, 1.807) is 17.1 Å². The van der Waals surface area contributed by atoms with Crippen molar-refractivity contribution in [3.63, 3.8) is 0 Å². The van der Waals surface area contributed by atoms with Gasteiger partial charge in [0.05, 0.1) is 18.1 Å². The third kappa shape index (κ3) is 4.61. The smallest absolute Gasteiger partial charge is 0.271 e. The van der Waals surface area contributed by atoms with E-state index in [4.69, 9.17) is 0 Å². The summed E-state index contributed by atoms with van der Waals surface area (Å²) in [6, 6.07) is 17.3. The molecule has 6 nitrogen and oxygen atoms in total. The molecule has 0 fully saturated rings. The van der Waals surface area contributed by atoms with Crippen molar-refractivity contribution in [2.75, 3.05) is 18.0 Å². The summed E-state index contributed by atoms with van der Waals surface area (Å²) in [6.45, 7) is 6.09. The standard InChI is InChI=1S/C21H23N5O/c1-3-25(4-2)19-12-10-18(11-13-19)21(27)24-22-14-17-15-23-26(16-17)20-8-6-5-7-9-20/h5-16H,3-4H2,1-2H3,(H,24,27)/b22-14-. The number of hydrogen-bond acceptors (Lipinski definition) is 4. The predicted molar refractivity (Wildman–Crippen MR) is 109 cm³/mol. The molecule has 0 aliphatic carbocycles. The van der Waals surface area contributed by atoms with Crippen molar-refractivity contribution in [1.82, 2.24) is 15.2 Å². The lowest BCUT2D eigenvalue weighted by Gasteiger charge is -2.20. The van der Waals surface area contributed by atoms with Gasteiger partial charge in [0.25, 0.3) is 5.91 Å². The Labute approximate surface area is 159 Å². The Morgan fingerprint density at radius 2 is 1.81 bits per heavy atom. The first-order valence-electron chi connectivity index (χ1n) is 8.99. The lowest BCUT2D eigenvalue weighted by atomic mass is 10.2. The van der Waals surface area contributed by atoms with Crippen LogP contribution in [-0.4, -0.2) is 35.0 Å². The summed E-state index contributed by atoms with van der Waals surface area (Å²) >= 11 is 0. The van der Waals surface area contributed by atoms with Gasteiger partial charge < -0.3 is 4.90 Å². The third-order valence-electron chi connectivity index (χ3n) is 4.26. The molecule has 3 rings (SSSR count). The minimum atomic E-state index is -0.243. The Bertz CT molecular complexity index is 896. The summed E-state index contributed by atoms with van der Waals surface area (Å²) < 4.78 is 1.76. The molecule has 3 aromatic rings. The summed E-state index contributed by atoms with van der Waals surface area (Å²) in [4.78, 5) is 14.4. The van der Waals surface area contributed by atoms with Crippen LogP contribution in [-0.2, 0) is 0 Å². The van der Waals surface area contributed by atoms with E-state index in [1.807, 2.05) is 60.8 Å². The normalized spacial score (nSPS) is 10.9. The van der Waals surface area contributed by atoms with Crippen LogP contribution in [0.4, 0.5) is 5.69 Å². The Hall–Kier alpha value is -3.41. The van der Waals surface area contributed by atoms with Gasteiger partial charge in [-0.3, -0.25) is 4.79 Å². The zero-order chi connectivity index (χ0) is 19.1. The number of aromatic nitrogens is 2. The number of amides is 1. The molecule has 0 unspecified atom stereocenters. The van der Waals surface area contributed by atoms with Crippen LogP contribution in [0.2, 0.25) is 0 Å². The quantitative estimate of drug-likeness (QED) is 0.518. The number of hydrogen-bond donors (Lipinski definition) is 1. The highest BCUT2D eigenvalue weighted by atomic mass is 16.2. The van der Waals surface area contributed by atoms with E-state index in [9.17, 15) is 4.79 Å². The number of para-hydroxylation sites is 1. The Morgan fingerprint density at radius 1 is 1.11 bits per heavy atom. The van der Waals surface area contributed by atoms with Crippen molar-refractivity contribution in [2.24, 2.45) is 5.10 Å². The maximum absolute atomic E-state index is 12.2. The molecule has 27 heavy (non-hydrogen) atoms. The van der Waals surface area contributed by atoms with Gasteiger partial charge in [0.1, 0.15) is 0 Å². The maximum Gasteiger partial charge on any atom is 0.271 e. The summed E-state index contributed by atoms with van der Waals surface area (Å²) in [5.74, 6) is -0.243.